The number of carbonyl (C=O) groups is 2. The fraction of sp³-hybridized carbons (Fsp3) is 0.115. The topological polar surface area (TPSA) is 102 Å². The Morgan fingerprint density at radius 3 is 2.39 bits per heavy atom. The number of aromatic nitrogens is 2. The van der Waals surface area contributed by atoms with Crippen molar-refractivity contribution in [2.45, 2.75) is 19.9 Å². The maximum absolute atomic E-state index is 12.5. The van der Waals surface area contributed by atoms with E-state index in [1.807, 2.05) is 66.3 Å². The van der Waals surface area contributed by atoms with Crippen LogP contribution < -0.4 is 16.4 Å². The lowest BCUT2D eigenvalue weighted by Crippen LogP contribution is -2.14. The minimum Gasteiger partial charge on any atom is -0.397 e. The number of para-hydroxylation sites is 2. The molecule has 7 nitrogen and oxygen atoms in total. The van der Waals surface area contributed by atoms with E-state index in [1.54, 1.807) is 30.5 Å². The standard InChI is InChI=1S/C26H25N5O2/c1-18-16-21(29-24(32)12-15-31-13-4-5-14-31)17-28-25(18)19-8-10-20(11-9-19)26(33)30-23-7-3-2-6-22(23)27/h2-11,13-14,16-17H,12,15,27H2,1H3,(H,29,32)(H,30,33). The third kappa shape index (κ3) is 5.46. The summed E-state index contributed by atoms with van der Waals surface area (Å²) in [6, 6.07) is 20.1. The number of anilines is 3. The van der Waals surface area contributed by atoms with Gasteiger partial charge in [-0.1, -0.05) is 24.3 Å². The van der Waals surface area contributed by atoms with Crippen LogP contribution in [0.5, 0.6) is 0 Å². The first-order chi connectivity index (χ1) is 16.0. The molecule has 2 amide bonds. The number of carbonyl (C=O) groups excluding carboxylic acids is 2. The molecule has 0 aliphatic rings. The molecule has 0 atom stereocenters. The van der Waals surface area contributed by atoms with Gasteiger partial charge in [-0.05, 0) is 55.0 Å². The molecule has 166 valence electrons. The lowest BCUT2D eigenvalue weighted by atomic mass is 10.0. The SMILES string of the molecule is Cc1cc(NC(=O)CCn2cccc2)cnc1-c1ccc(C(=O)Nc2ccccc2N)cc1. The summed E-state index contributed by atoms with van der Waals surface area (Å²) in [7, 11) is 0. The first-order valence-electron chi connectivity index (χ1n) is 10.6. The Kier molecular flexibility index (Phi) is 6.50. The average molecular weight is 440 g/mol. The van der Waals surface area contributed by atoms with Crippen molar-refractivity contribution >= 4 is 28.9 Å². The highest BCUT2D eigenvalue weighted by Crippen LogP contribution is 2.24. The summed E-state index contributed by atoms with van der Waals surface area (Å²) in [6.07, 6.45) is 5.89. The summed E-state index contributed by atoms with van der Waals surface area (Å²) in [5.41, 5.74) is 10.8. The van der Waals surface area contributed by atoms with Crippen molar-refractivity contribution in [2.75, 3.05) is 16.4 Å². The predicted molar refractivity (Wildman–Crippen MR) is 131 cm³/mol. The number of hydrogen-bond donors (Lipinski definition) is 3. The van der Waals surface area contributed by atoms with Crippen molar-refractivity contribution in [2.24, 2.45) is 0 Å². The first kappa shape index (κ1) is 21.8. The van der Waals surface area contributed by atoms with Crippen LogP contribution in [0, 0.1) is 6.92 Å². The lowest BCUT2D eigenvalue weighted by molar-refractivity contribution is -0.116. The van der Waals surface area contributed by atoms with E-state index in [-0.39, 0.29) is 11.8 Å². The molecule has 2 aromatic heterocycles. The summed E-state index contributed by atoms with van der Waals surface area (Å²) in [5, 5.41) is 5.72. The molecular formula is C26H25N5O2. The molecule has 0 unspecified atom stereocenters. The van der Waals surface area contributed by atoms with E-state index in [4.69, 9.17) is 5.73 Å². The van der Waals surface area contributed by atoms with Crippen molar-refractivity contribution in [1.29, 1.82) is 0 Å². The van der Waals surface area contributed by atoms with Crippen molar-refractivity contribution in [3.8, 4) is 11.3 Å². The first-order valence-corrected chi connectivity index (χ1v) is 10.6. The van der Waals surface area contributed by atoms with Gasteiger partial charge in [0.2, 0.25) is 5.91 Å². The van der Waals surface area contributed by atoms with E-state index in [1.165, 1.54) is 0 Å². The van der Waals surface area contributed by atoms with Crippen molar-refractivity contribution < 1.29 is 9.59 Å². The third-order valence-corrected chi connectivity index (χ3v) is 5.25. The second-order valence-corrected chi connectivity index (χ2v) is 7.73. The maximum atomic E-state index is 12.5. The van der Waals surface area contributed by atoms with Gasteiger partial charge in [0.15, 0.2) is 0 Å². The monoisotopic (exact) mass is 439 g/mol. The largest absolute Gasteiger partial charge is 0.397 e. The molecule has 0 aliphatic carbocycles. The van der Waals surface area contributed by atoms with Crippen molar-refractivity contribution in [3.63, 3.8) is 0 Å². The van der Waals surface area contributed by atoms with Crippen LogP contribution in [0.1, 0.15) is 22.3 Å². The summed E-state index contributed by atoms with van der Waals surface area (Å²) < 4.78 is 1.96. The zero-order valence-electron chi connectivity index (χ0n) is 18.3. The number of amides is 2. The summed E-state index contributed by atoms with van der Waals surface area (Å²) in [4.78, 5) is 29.3. The second-order valence-electron chi connectivity index (χ2n) is 7.73. The van der Waals surface area contributed by atoms with Gasteiger partial charge in [-0.3, -0.25) is 14.6 Å². The number of nitrogens with one attached hydrogen (secondary N) is 2. The molecule has 0 aliphatic heterocycles. The Labute approximate surface area is 192 Å². The molecule has 4 aromatic rings. The number of benzene rings is 2. The number of aryl methyl sites for hydroxylation is 2. The van der Waals surface area contributed by atoms with Gasteiger partial charge in [-0.15, -0.1) is 0 Å². The van der Waals surface area contributed by atoms with Gasteiger partial charge in [-0.2, -0.15) is 0 Å². The maximum Gasteiger partial charge on any atom is 0.255 e. The van der Waals surface area contributed by atoms with E-state index in [0.717, 1.165) is 16.8 Å². The van der Waals surface area contributed by atoms with Gasteiger partial charge >= 0.3 is 0 Å². The normalized spacial score (nSPS) is 10.6. The minimum absolute atomic E-state index is 0.0629. The van der Waals surface area contributed by atoms with Gasteiger partial charge in [0, 0.05) is 36.5 Å². The van der Waals surface area contributed by atoms with E-state index < -0.39 is 0 Å². The summed E-state index contributed by atoms with van der Waals surface area (Å²) >= 11 is 0. The molecular weight excluding hydrogens is 414 g/mol. The van der Waals surface area contributed by atoms with E-state index in [0.29, 0.717) is 35.6 Å². The molecule has 0 bridgehead atoms. The van der Waals surface area contributed by atoms with Gasteiger partial charge in [0.1, 0.15) is 0 Å². The number of hydrogen-bond acceptors (Lipinski definition) is 4. The lowest BCUT2D eigenvalue weighted by Gasteiger charge is -2.11. The molecule has 0 fully saturated rings. The van der Waals surface area contributed by atoms with E-state index in [9.17, 15) is 9.59 Å². The highest BCUT2D eigenvalue weighted by atomic mass is 16.2. The minimum atomic E-state index is -0.234. The second kappa shape index (κ2) is 9.82. The van der Waals surface area contributed by atoms with Crippen LogP contribution in [0.15, 0.2) is 85.3 Å². The Balaban J connectivity index is 1.40. The molecule has 2 heterocycles. The van der Waals surface area contributed by atoms with Crippen LogP contribution in [-0.4, -0.2) is 21.4 Å². The van der Waals surface area contributed by atoms with Crippen LogP contribution in [0.2, 0.25) is 0 Å². The molecule has 4 N–H and O–H groups in total. The Bertz CT molecular complexity index is 1260. The Morgan fingerprint density at radius 1 is 0.970 bits per heavy atom. The summed E-state index contributed by atoms with van der Waals surface area (Å²) in [5.74, 6) is -0.297. The quantitative estimate of drug-likeness (QED) is 0.363. The molecule has 0 saturated carbocycles. The van der Waals surface area contributed by atoms with Crippen molar-refractivity contribution in [3.05, 3.63) is 96.4 Å². The number of nitrogens with two attached hydrogens (primary N) is 1. The van der Waals surface area contributed by atoms with E-state index in [2.05, 4.69) is 15.6 Å². The Hall–Kier alpha value is -4.39. The number of nitrogen functional groups attached to an aromatic ring is 1. The molecule has 0 radical (unpaired) electrons. The number of rotatable bonds is 7. The zero-order valence-corrected chi connectivity index (χ0v) is 18.3. The van der Waals surface area contributed by atoms with Gasteiger partial charge in [0.25, 0.3) is 5.91 Å². The summed E-state index contributed by atoms with van der Waals surface area (Å²) in [6.45, 7) is 2.57. The van der Waals surface area contributed by atoms with Gasteiger partial charge in [-0.25, -0.2) is 0 Å². The van der Waals surface area contributed by atoms with Crippen molar-refractivity contribution in [1.82, 2.24) is 9.55 Å². The highest BCUT2D eigenvalue weighted by molar-refractivity contribution is 6.05. The Morgan fingerprint density at radius 2 is 1.70 bits per heavy atom. The molecule has 33 heavy (non-hydrogen) atoms. The molecule has 0 saturated heterocycles. The molecule has 0 spiro atoms. The van der Waals surface area contributed by atoms with Crippen LogP contribution >= 0.6 is 0 Å². The fourth-order valence-corrected chi connectivity index (χ4v) is 3.50. The van der Waals surface area contributed by atoms with Crippen LogP contribution in [0.4, 0.5) is 17.1 Å². The van der Waals surface area contributed by atoms with Gasteiger partial charge in [0.05, 0.1) is 29.0 Å². The molecule has 4 rings (SSSR count). The predicted octanol–water partition coefficient (Wildman–Crippen LogP) is 4.72. The third-order valence-electron chi connectivity index (χ3n) is 5.25. The number of nitrogens with zero attached hydrogens (tertiary/aromatic N) is 2. The number of pyridine rings is 1. The molecule has 2 aromatic carbocycles. The average Bonchev–Trinajstić information content (AvgIpc) is 3.33. The van der Waals surface area contributed by atoms with Crippen LogP contribution in [-0.2, 0) is 11.3 Å². The van der Waals surface area contributed by atoms with E-state index >= 15 is 0 Å². The fourth-order valence-electron chi connectivity index (χ4n) is 3.50. The van der Waals surface area contributed by atoms with Gasteiger partial charge < -0.3 is 20.9 Å². The van der Waals surface area contributed by atoms with Crippen LogP contribution in [0.25, 0.3) is 11.3 Å². The highest BCUT2D eigenvalue weighted by Gasteiger charge is 2.11. The molecule has 7 heteroatoms. The zero-order chi connectivity index (χ0) is 23.2. The smallest absolute Gasteiger partial charge is 0.255 e. The van der Waals surface area contributed by atoms with Crippen LogP contribution in [0.3, 0.4) is 0 Å².